The Labute approximate surface area is 225 Å². The second-order valence-corrected chi connectivity index (χ2v) is 14.3. The van der Waals surface area contributed by atoms with Crippen molar-refractivity contribution in [2.75, 3.05) is 22.5 Å². The number of anilines is 2. The van der Waals surface area contributed by atoms with Crippen LogP contribution < -0.4 is 9.44 Å². The highest BCUT2D eigenvalue weighted by Crippen LogP contribution is 2.32. The molecule has 0 radical (unpaired) electrons. The van der Waals surface area contributed by atoms with E-state index in [-0.39, 0.29) is 31.3 Å². The van der Waals surface area contributed by atoms with Crippen LogP contribution in [0.5, 0.6) is 0 Å². The monoisotopic (exact) mass is 595 g/mol. The molecule has 10 nitrogen and oxygen atoms in total. The van der Waals surface area contributed by atoms with Crippen molar-refractivity contribution in [2.24, 2.45) is 0 Å². The Bertz CT molecular complexity index is 1800. The van der Waals surface area contributed by atoms with Crippen LogP contribution in [-0.2, 0) is 30.1 Å². The van der Waals surface area contributed by atoms with E-state index in [1.807, 2.05) is 0 Å². The molecule has 1 aromatic heterocycles. The normalized spacial score (nSPS) is 15.1. The molecule has 1 saturated heterocycles. The third-order valence-corrected chi connectivity index (χ3v) is 10.7. The fraction of sp³-hybridized carbons (Fsp3) is 0.167. The minimum Gasteiger partial charge on any atom is -0.443 e. The van der Waals surface area contributed by atoms with Crippen molar-refractivity contribution < 1.29 is 29.7 Å². The van der Waals surface area contributed by atoms with Gasteiger partial charge in [0.2, 0.25) is 15.1 Å². The number of sulfonamides is 3. The maximum Gasteiger partial charge on any atom is 0.295 e. The molecule has 4 aromatic rings. The van der Waals surface area contributed by atoms with Crippen molar-refractivity contribution in [1.29, 1.82) is 0 Å². The van der Waals surface area contributed by atoms with E-state index in [9.17, 15) is 25.3 Å². The summed E-state index contributed by atoms with van der Waals surface area (Å²) < 4.78 is 89.2. The van der Waals surface area contributed by atoms with Gasteiger partial charge >= 0.3 is 0 Å². The Kier molecular flexibility index (Phi) is 6.90. The Balaban J connectivity index is 1.41. The van der Waals surface area contributed by atoms with Crippen molar-refractivity contribution in [3.05, 3.63) is 77.8 Å². The summed E-state index contributed by atoms with van der Waals surface area (Å²) in [5, 5.41) is 0.379. The van der Waals surface area contributed by atoms with Gasteiger partial charge < -0.3 is 4.42 Å². The summed E-state index contributed by atoms with van der Waals surface area (Å²) in [4.78, 5) is -0.219. The zero-order valence-electron chi connectivity index (χ0n) is 19.7. The molecule has 38 heavy (non-hydrogen) atoms. The lowest BCUT2D eigenvalue weighted by Gasteiger charge is -2.16. The molecule has 0 saturated carbocycles. The lowest BCUT2D eigenvalue weighted by atomic mass is 10.3. The van der Waals surface area contributed by atoms with Crippen LogP contribution in [0.25, 0.3) is 11.0 Å². The molecule has 0 spiro atoms. The van der Waals surface area contributed by atoms with E-state index in [4.69, 9.17) is 16.0 Å². The molecule has 200 valence electrons. The zero-order valence-corrected chi connectivity index (χ0v) is 22.9. The highest BCUT2D eigenvalue weighted by atomic mass is 35.5. The molecule has 1 fully saturated rings. The van der Waals surface area contributed by atoms with Gasteiger partial charge in [-0.3, -0.25) is 9.44 Å². The third-order valence-electron chi connectivity index (χ3n) is 5.97. The van der Waals surface area contributed by atoms with E-state index < -0.39 is 30.1 Å². The standard InChI is InChI=1S/C24H22ClN3O7S3/c25-18-7-12-21(22(16-18)27-37(31,32)24-15-17-5-1-2-6-23(17)35-24)26-36(29,30)19-8-10-20(11-9-19)38(33,34)28-13-3-4-14-28/h1-2,5-12,15-16,26-27H,3-4,13-14H2. The Morgan fingerprint density at radius 1 is 0.711 bits per heavy atom. The average Bonchev–Trinajstić information content (AvgIpc) is 3.57. The molecule has 1 aliphatic heterocycles. The number of para-hydroxylation sites is 1. The number of hydrogen-bond donors (Lipinski definition) is 2. The Morgan fingerprint density at radius 2 is 1.34 bits per heavy atom. The molecule has 0 unspecified atom stereocenters. The minimum absolute atomic E-state index is 0.0101. The van der Waals surface area contributed by atoms with Gasteiger partial charge in [-0.15, -0.1) is 0 Å². The first kappa shape index (κ1) is 26.5. The van der Waals surface area contributed by atoms with Crippen LogP contribution in [0.3, 0.4) is 0 Å². The molecule has 1 aliphatic rings. The molecule has 3 aromatic carbocycles. The number of nitrogens with zero attached hydrogens (tertiary/aromatic N) is 1. The fourth-order valence-corrected chi connectivity index (χ4v) is 7.86. The molecule has 14 heteroatoms. The van der Waals surface area contributed by atoms with Crippen molar-refractivity contribution in [3.63, 3.8) is 0 Å². The summed E-state index contributed by atoms with van der Waals surface area (Å²) in [5.41, 5.74) is 0.146. The van der Waals surface area contributed by atoms with E-state index in [2.05, 4.69) is 9.44 Å². The molecular weight excluding hydrogens is 574 g/mol. The molecule has 5 rings (SSSR count). The van der Waals surface area contributed by atoms with Gasteiger partial charge in [-0.25, -0.2) is 16.8 Å². The van der Waals surface area contributed by atoms with Gasteiger partial charge in [-0.05, 0) is 61.4 Å². The average molecular weight is 596 g/mol. The van der Waals surface area contributed by atoms with Gasteiger partial charge in [0.1, 0.15) is 5.58 Å². The summed E-state index contributed by atoms with van der Waals surface area (Å²) in [6.45, 7) is 0.848. The first-order valence-corrected chi connectivity index (χ1v) is 16.2. The summed E-state index contributed by atoms with van der Waals surface area (Å²) in [5.74, 6) is 0. The van der Waals surface area contributed by atoms with Gasteiger partial charge in [0.25, 0.3) is 20.0 Å². The summed E-state index contributed by atoms with van der Waals surface area (Å²) >= 11 is 6.06. The van der Waals surface area contributed by atoms with Gasteiger partial charge in [0.15, 0.2) is 0 Å². The highest BCUT2D eigenvalue weighted by Gasteiger charge is 2.28. The molecule has 2 N–H and O–H groups in total. The minimum atomic E-state index is -4.25. The van der Waals surface area contributed by atoms with E-state index in [1.54, 1.807) is 24.3 Å². The molecule has 2 heterocycles. The molecule has 0 bridgehead atoms. The van der Waals surface area contributed by atoms with Crippen LogP contribution in [0, 0.1) is 0 Å². The van der Waals surface area contributed by atoms with Crippen LogP contribution in [0.2, 0.25) is 5.02 Å². The maximum atomic E-state index is 13.1. The van der Waals surface area contributed by atoms with Gasteiger partial charge in [0, 0.05) is 29.6 Å². The predicted molar refractivity (Wildman–Crippen MR) is 144 cm³/mol. The van der Waals surface area contributed by atoms with Gasteiger partial charge in [0.05, 0.1) is 21.2 Å². The van der Waals surface area contributed by atoms with E-state index in [1.165, 1.54) is 52.8 Å². The number of rotatable bonds is 8. The number of halogens is 1. The van der Waals surface area contributed by atoms with E-state index >= 15 is 0 Å². The fourth-order valence-electron chi connectivity index (χ4n) is 4.05. The topological polar surface area (TPSA) is 143 Å². The van der Waals surface area contributed by atoms with Crippen molar-refractivity contribution in [1.82, 2.24) is 4.31 Å². The number of fused-ring (bicyclic) bond motifs is 1. The molecular formula is C24H22ClN3O7S3. The second kappa shape index (κ2) is 9.89. The summed E-state index contributed by atoms with van der Waals surface area (Å²) in [7, 11) is -12.2. The maximum absolute atomic E-state index is 13.1. The lowest BCUT2D eigenvalue weighted by Crippen LogP contribution is -2.27. The number of benzene rings is 3. The zero-order chi connectivity index (χ0) is 27.1. The molecule has 0 atom stereocenters. The second-order valence-electron chi connectivity index (χ2n) is 8.59. The van der Waals surface area contributed by atoms with Crippen molar-refractivity contribution >= 4 is 64.0 Å². The first-order valence-electron chi connectivity index (χ1n) is 11.4. The first-order chi connectivity index (χ1) is 18.0. The van der Waals surface area contributed by atoms with Gasteiger partial charge in [-0.2, -0.15) is 12.7 Å². The highest BCUT2D eigenvalue weighted by molar-refractivity contribution is 7.93. The van der Waals surface area contributed by atoms with Crippen LogP contribution in [-0.4, -0.2) is 42.6 Å². The Morgan fingerprint density at radius 3 is 2.03 bits per heavy atom. The number of furan rings is 1. The van der Waals surface area contributed by atoms with E-state index in [0.717, 1.165) is 12.8 Å². The SMILES string of the molecule is O=S(=O)(Nc1ccc(Cl)cc1NS(=O)(=O)c1cc2ccccc2o1)c1ccc(S(=O)(=O)N2CCCC2)cc1. The van der Waals surface area contributed by atoms with Crippen molar-refractivity contribution in [2.45, 2.75) is 27.7 Å². The Hall–Kier alpha value is -3.10. The van der Waals surface area contributed by atoms with Crippen LogP contribution in [0.4, 0.5) is 11.4 Å². The lowest BCUT2D eigenvalue weighted by molar-refractivity contribution is 0.477. The summed E-state index contributed by atoms with van der Waals surface area (Å²) in [6.07, 6.45) is 1.55. The summed E-state index contributed by atoms with van der Waals surface area (Å²) in [6, 6.07) is 16.9. The quantitative estimate of drug-likeness (QED) is 0.306. The van der Waals surface area contributed by atoms with E-state index in [0.29, 0.717) is 24.1 Å². The largest absolute Gasteiger partial charge is 0.443 e. The molecule has 0 amide bonds. The van der Waals surface area contributed by atoms with Crippen molar-refractivity contribution in [3.8, 4) is 0 Å². The van der Waals surface area contributed by atoms with Crippen LogP contribution in [0.1, 0.15) is 12.8 Å². The third kappa shape index (κ3) is 5.24. The number of hydrogen-bond acceptors (Lipinski definition) is 7. The van der Waals surface area contributed by atoms with Crippen LogP contribution >= 0.6 is 11.6 Å². The number of nitrogens with one attached hydrogen (secondary N) is 2. The smallest absolute Gasteiger partial charge is 0.295 e. The molecule has 0 aliphatic carbocycles. The van der Waals surface area contributed by atoms with Crippen LogP contribution in [0.15, 0.2) is 92.1 Å². The van der Waals surface area contributed by atoms with Gasteiger partial charge in [-0.1, -0.05) is 29.8 Å². The predicted octanol–water partition coefficient (Wildman–Crippen LogP) is 4.47.